The number of carbonyl (C=O) groups is 1. The van der Waals surface area contributed by atoms with E-state index in [9.17, 15) is 4.79 Å². The molecule has 1 heterocycles. The quantitative estimate of drug-likeness (QED) is 0.920. The lowest BCUT2D eigenvalue weighted by atomic mass is 10.1. The van der Waals surface area contributed by atoms with Crippen LogP contribution in [0.4, 0.5) is 0 Å². The number of nitrogens with zero attached hydrogens (tertiary/aromatic N) is 2. The zero-order valence-electron chi connectivity index (χ0n) is 8.51. The Kier molecular flexibility index (Phi) is 2.78. The van der Waals surface area contributed by atoms with Crippen LogP contribution in [0.2, 0.25) is 0 Å². The van der Waals surface area contributed by atoms with Gasteiger partial charge in [0.05, 0.1) is 12.0 Å². The molecule has 0 bridgehead atoms. The third kappa shape index (κ3) is 1.86. The van der Waals surface area contributed by atoms with Gasteiger partial charge in [-0.25, -0.2) is 9.78 Å². The van der Waals surface area contributed by atoms with E-state index in [4.69, 9.17) is 5.11 Å². The second-order valence-corrected chi connectivity index (χ2v) is 4.28. The van der Waals surface area contributed by atoms with Crippen LogP contribution >= 0.6 is 15.9 Å². The molecule has 0 aliphatic rings. The minimum Gasteiger partial charge on any atom is -0.476 e. The fraction of sp³-hybridized carbons (Fsp3) is 0.0909. The highest BCUT2D eigenvalue weighted by Crippen LogP contribution is 2.25. The molecular weight excluding hydrogens is 272 g/mol. The molecule has 82 valence electrons. The second-order valence-electron chi connectivity index (χ2n) is 3.37. The Bertz CT molecular complexity index is 549. The van der Waals surface area contributed by atoms with Crippen LogP contribution in [0.5, 0.6) is 0 Å². The highest BCUT2D eigenvalue weighted by atomic mass is 79.9. The van der Waals surface area contributed by atoms with Crippen LogP contribution in [-0.2, 0) is 7.05 Å². The molecule has 0 amide bonds. The van der Waals surface area contributed by atoms with E-state index >= 15 is 0 Å². The first kappa shape index (κ1) is 10.9. The molecule has 1 aromatic carbocycles. The Hall–Kier alpha value is -1.62. The van der Waals surface area contributed by atoms with Gasteiger partial charge in [-0.1, -0.05) is 28.1 Å². The first-order valence-electron chi connectivity index (χ1n) is 4.60. The van der Waals surface area contributed by atoms with Crippen LogP contribution in [0.1, 0.15) is 10.5 Å². The van der Waals surface area contributed by atoms with E-state index in [-0.39, 0.29) is 5.69 Å². The van der Waals surface area contributed by atoms with Crippen molar-refractivity contribution in [1.29, 1.82) is 0 Å². The minimum atomic E-state index is -1.02. The summed E-state index contributed by atoms with van der Waals surface area (Å²) < 4.78 is 2.60. The number of carboxylic acids is 1. The Balaban J connectivity index is 2.63. The minimum absolute atomic E-state index is 0.0700. The van der Waals surface area contributed by atoms with Crippen molar-refractivity contribution in [1.82, 2.24) is 9.55 Å². The fourth-order valence-electron chi connectivity index (χ4n) is 1.56. The summed E-state index contributed by atoms with van der Waals surface area (Å²) in [6.07, 6.45) is 1.50. The normalized spacial score (nSPS) is 10.4. The van der Waals surface area contributed by atoms with E-state index in [1.54, 1.807) is 11.6 Å². The summed E-state index contributed by atoms with van der Waals surface area (Å²) in [6.45, 7) is 0. The molecule has 0 aliphatic carbocycles. The number of rotatable bonds is 2. The molecule has 0 spiro atoms. The number of imidazole rings is 1. The standard InChI is InChI=1S/C11H9BrN2O2/c1-14-6-13-9(11(15)16)10(14)7-3-2-4-8(12)5-7/h2-6H,1H3,(H,15,16). The van der Waals surface area contributed by atoms with Crippen molar-refractivity contribution in [3.8, 4) is 11.3 Å². The average Bonchev–Trinajstić information content (AvgIpc) is 2.60. The molecule has 1 aromatic heterocycles. The van der Waals surface area contributed by atoms with Crippen molar-refractivity contribution in [2.75, 3.05) is 0 Å². The van der Waals surface area contributed by atoms with Gasteiger partial charge in [0.1, 0.15) is 0 Å². The van der Waals surface area contributed by atoms with Gasteiger partial charge < -0.3 is 9.67 Å². The van der Waals surface area contributed by atoms with Gasteiger partial charge in [-0.2, -0.15) is 0 Å². The van der Waals surface area contributed by atoms with Crippen LogP contribution in [0, 0.1) is 0 Å². The van der Waals surface area contributed by atoms with Gasteiger partial charge in [0.2, 0.25) is 0 Å². The number of carboxylic acid groups (broad SMARTS) is 1. The third-order valence-electron chi connectivity index (χ3n) is 2.24. The number of hydrogen-bond acceptors (Lipinski definition) is 2. The zero-order valence-corrected chi connectivity index (χ0v) is 10.1. The molecule has 0 saturated carbocycles. The van der Waals surface area contributed by atoms with Gasteiger partial charge in [0.15, 0.2) is 5.69 Å². The second kappa shape index (κ2) is 4.09. The summed E-state index contributed by atoms with van der Waals surface area (Å²) in [5.41, 5.74) is 1.50. The van der Waals surface area contributed by atoms with Gasteiger partial charge in [0, 0.05) is 17.1 Å². The van der Waals surface area contributed by atoms with Gasteiger partial charge in [-0.3, -0.25) is 0 Å². The number of halogens is 1. The number of aryl methyl sites for hydroxylation is 1. The van der Waals surface area contributed by atoms with Crippen LogP contribution < -0.4 is 0 Å². The largest absolute Gasteiger partial charge is 0.476 e. The Labute approximate surface area is 101 Å². The van der Waals surface area contributed by atoms with E-state index in [1.807, 2.05) is 24.3 Å². The van der Waals surface area contributed by atoms with Crippen LogP contribution in [0.25, 0.3) is 11.3 Å². The maximum Gasteiger partial charge on any atom is 0.356 e. The smallest absolute Gasteiger partial charge is 0.356 e. The molecule has 2 rings (SSSR count). The van der Waals surface area contributed by atoms with Gasteiger partial charge in [0.25, 0.3) is 0 Å². The molecule has 1 N–H and O–H groups in total. The molecular formula is C11H9BrN2O2. The molecule has 16 heavy (non-hydrogen) atoms. The predicted octanol–water partition coefficient (Wildman–Crippen LogP) is 2.55. The van der Waals surface area contributed by atoms with E-state index in [1.165, 1.54) is 6.33 Å². The summed E-state index contributed by atoms with van der Waals surface area (Å²) in [5, 5.41) is 9.02. The van der Waals surface area contributed by atoms with Crippen molar-refractivity contribution in [2.45, 2.75) is 0 Å². The fourth-order valence-corrected chi connectivity index (χ4v) is 1.96. The van der Waals surface area contributed by atoms with Crippen LogP contribution in [0.3, 0.4) is 0 Å². The predicted molar refractivity (Wildman–Crippen MR) is 63.3 cm³/mol. The number of benzene rings is 1. The number of hydrogen-bond donors (Lipinski definition) is 1. The number of aromatic nitrogens is 2. The van der Waals surface area contributed by atoms with Gasteiger partial charge in [-0.15, -0.1) is 0 Å². The van der Waals surface area contributed by atoms with E-state index in [2.05, 4.69) is 20.9 Å². The third-order valence-corrected chi connectivity index (χ3v) is 2.73. The van der Waals surface area contributed by atoms with E-state index in [0.717, 1.165) is 10.0 Å². The summed E-state index contributed by atoms with van der Waals surface area (Å²) in [4.78, 5) is 14.9. The van der Waals surface area contributed by atoms with E-state index in [0.29, 0.717) is 5.69 Å². The highest BCUT2D eigenvalue weighted by molar-refractivity contribution is 9.10. The molecule has 2 aromatic rings. The lowest BCUT2D eigenvalue weighted by Gasteiger charge is -2.04. The van der Waals surface area contributed by atoms with Gasteiger partial charge >= 0.3 is 5.97 Å². The summed E-state index contributed by atoms with van der Waals surface area (Å²) in [5.74, 6) is -1.02. The average molecular weight is 281 g/mol. The first-order chi connectivity index (χ1) is 7.59. The zero-order chi connectivity index (χ0) is 11.7. The Morgan fingerprint density at radius 1 is 1.50 bits per heavy atom. The maximum atomic E-state index is 11.0. The molecule has 5 heteroatoms. The molecule has 0 aliphatic heterocycles. The summed E-state index contributed by atoms with van der Waals surface area (Å²) in [7, 11) is 1.77. The molecule has 0 atom stereocenters. The molecule has 0 unspecified atom stereocenters. The van der Waals surface area contributed by atoms with Crippen molar-refractivity contribution in [2.24, 2.45) is 7.05 Å². The maximum absolute atomic E-state index is 11.0. The van der Waals surface area contributed by atoms with Crippen LogP contribution in [0.15, 0.2) is 35.1 Å². The summed E-state index contributed by atoms with van der Waals surface area (Å²) in [6, 6.07) is 7.47. The van der Waals surface area contributed by atoms with Crippen molar-refractivity contribution >= 4 is 21.9 Å². The topological polar surface area (TPSA) is 55.1 Å². The van der Waals surface area contributed by atoms with Crippen molar-refractivity contribution < 1.29 is 9.90 Å². The molecule has 4 nitrogen and oxygen atoms in total. The van der Waals surface area contributed by atoms with E-state index < -0.39 is 5.97 Å². The Morgan fingerprint density at radius 3 is 2.88 bits per heavy atom. The van der Waals surface area contributed by atoms with Crippen molar-refractivity contribution in [3.63, 3.8) is 0 Å². The van der Waals surface area contributed by atoms with Crippen molar-refractivity contribution in [3.05, 3.63) is 40.8 Å². The van der Waals surface area contributed by atoms with Crippen LogP contribution in [-0.4, -0.2) is 20.6 Å². The molecule has 0 fully saturated rings. The highest BCUT2D eigenvalue weighted by Gasteiger charge is 2.17. The SMILES string of the molecule is Cn1cnc(C(=O)O)c1-c1cccc(Br)c1. The van der Waals surface area contributed by atoms with Gasteiger partial charge in [-0.05, 0) is 12.1 Å². The lowest BCUT2D eigenvalue weighted by molar-refractivity contribution is 0.0692. The lowest BCUT2D eigenvalue weighted by Crippen LogP contribution is -2.01. The number of aromatic carboxylic acids is 1. The molecule has 0 radical (unpaired) electrons. The monoisotopic (exact) mass is 280 g/mol. The molecule has 0 saturated heterocycles. The summed E-state index contributed by atoms with van der Waals surface area (Å²) >= 11 is 3.36. The first-order valence-corrected chi connectivity index (χ1v) is 5.39. The Morgan fingerprint density at radius 2 is 2.25 bits per heavy atom.